The minimum absolute atomic E-state index is 0.0742. The van der Waals surface area contributed by atoms with Gasteiger partial charge in [-0.2, -0.15) is 0 Å². The molecule has 0 atom stereocenters. The molecule has 0 saturated carbocycles. The highest BCUT2D eigenvalue weighted by Gasteiger charge is 2.30. The summed E-state index contributed by atoms with van der Waals surface area (Å²) in [5.41, 5.74) is 2.27. The van der Waals surface area contributed by atoms with Gasteiger partial charge in [-0.1, -0.05) is 29.8 Å². The number of hydrogen-bond acceptors (Lipinski definition) is 6. The molecule has 0 aliphatic heterocycles. The average molecular weight is 484 g/mol. The lowest BCUT2D eigenvalue weighted by Crippen LogP contribution is -2.38. The molecule has 0 aliphatic rings. The van der Waals surface area contributed by atoms with Crippen LogP contribution in [-0.2, 0) is 14.8 Å². The van der Waals surface area contributed by atoms with Crippen molar-refractivity contribution in [3.63, 3.8) is 0 Å². The van der Waals surface area contributed by atoms with E-state index in [4.69, 9.17) is 4.74 Å². The number of carbonyl (C=O) groups is 1. The van der Waals surface area contributed by atoms with Crippen molar-refractivity contribution in [1.29, 1.82) is 0 Å². The molecule has 3 aromatic rings. The summed E-state index contributed by atoms with van der Waals surface area (Å²) in [5.74, 6) is -0.503. The van der Waals surface area contributed by atoms with E-state index in [0.717, 1.165) is 9.87 Å². The lowest BCUT2D eigenvalue weighted by atomic mass is 10.1. The maximum Gasteiger partial charge on any atom is 0.274 e. The van der Waals surface area contributed by atoms with Gasteiger partial charge in [0.25, 0.3) is 15.7 Å². The Morgan fingerprint density at radius 3 is 2.29 bits per heavy atom. The van der Waals surface area contributed by atoms with Crippen molar-refractivity contribution in [2.24, 2.45) is 0 Å². The van der Waals surface area contributed by atoms with Gasteiger partial charge in [0, 0.05) is 6.07 Å². The summed E-state index contributed by atoms with van der Waals surface area (Å²) in [5, 5.41) is 13.8. The number of benzene rings is 3. The third kappa shape index (κ3) is 5.18. The maximum absolute atomic E-state index is 13.7. The average Bonchev–Trinajstić information content (AvgIpc) is 2.79. The molecular formula is C24H25N3O6S. The Kier molecular flexibility index (Phi) is 7.21. The van der Waals surface area contributed by atoms with Crippen molar-refractivity contribution in [1.82, 2.24) is 0 Å². The SMILES string of the molecule is COc1ccc(C)cc1S(=O)(=O)N(CC(=O)Nc1cccc([N+](=O)[O-])c1C)c1ccc(C)cc1. The Morgan fingerprint density at radius 2 is 1.68 bits per heavy atom. The third-order valence-electron chi connectivity index (χ3n) is 5.27. The fourth-order valence-corrected chi connectivity index (χ4v) is 5.07. The number of sulfonamides is 1. The van der Waals surface area contributed by atoms with Crippen LogP contribution in [0.15, 0.2) is 65.6 Å². The molecule has 0 saturated heterocycles. The van der Waals surface area contributed by atoms with E-state index in [1.807, 2.05) is 6.92 Å². The van der Waals surface area contributed by atoms with E-state index in [0.29, 0.717) is 11.3 Å². The number of aryl methyl sites for hydroxylation is 2. The lowest BCUT2D eigenvalue weighted by molar-refractivity contribution is -0.385. The van der Waals surface area contributed by atoms with Crippen LogP contribution >= 0.6 is 0 Å². The number of rotatable bonds is 8. The number of nitro benzene ring substituents is 1. The molecule has 1 N–H and O–H groups in total. The van der Waals surface area contributed by atoms with Crippen LogP contribution in [0.25, 0.3) is 0 Å². The summed E-state index contributed by atoms with van der Waals surface area (Å²) < 4.78 is 33.7. The van der Waals surface area contributed by atoms with Crippen molar-refractivity contribution in [3.8, 4) is 5.75 Å². The second-order valence-electron chi connectivity index (χ2n) is 7.76. The van der Waals surface area contributed by atoms with Gasteiger partial charge in [0.1, 0.15) is 17.2 Å². The highest BCUT2D eigenvalue weighted by atomic mass is 32.2. The molecule has 9 nitrogen and oxygen atoms in total. The van der Waals surface area contributed by atoms with E-state index in [-0.39, 0.29) is 27.6 Å². The third-order valence-corrected chi connectivity index (χ3v) is 7.07. The Bertz CT molecular complexity index is 1340. The molecule has 0 fully saturated rings. The van der Waals surface area contributed by atoms with Crippen LogP contribution in [0, 0.1) is 30.9 Å². The molecule has 0 spiro atoms. The second kappa shape index (κ2) is 9.92. The first kappa shape index (κ1) is 24.7. The summed E-state index contributed by atoms with van der Waals surface area (Å²) in [6.07, 6.45) is 0. The monoisotopic (exact) mass is 483 g/mol. The Balaban J connectivity index is 2.02. The van der Waals surface area contributed by atoms with Crippen LogP contribution in [0.2, 0.25) is 0 Å². The lowest BCUT2D eigenvalue weighted by Gasteiger charge is -2.25. The van der Waals surface area contributed by atoms with Crippen LogP contribution < -0.4 is 14.4 Å². The van der Waals surface area contributed by atoms with E-state index in [1.165, 1.54) is 38.3 Å². The molecule has 1 amide bonds. The number of nitrogens with one attached hydrogen (secondary N) is 1. The second-order valence-corrected chi connectivity index (χ2v) is 9.59. The van der Waals surface area contributed by atoms with Gasteiger partial charge in [-0.25, -0.2) is 8.42 Å². The molecular weight excluding hydrogens is 458 g/mol. The molecule has 0 aromatic heterocycles. The maximum atomic E-state index is 13.7. The minimum Gasteiger partial charge on any atom is -0.495 e. The molecule has 3 aromatic carbocycles. The molecule has 0 bridgehead atoms. The Hall–Kier alpha value is -3.92. The number of methoxy groups -OCH3 is 1. The zero-order chi connectivity index (χ0) is 25.0. The van der Waals surface area contributed by atoms with Crippen molar-refractivity contribution < 1.29 is 22.9 Å². The molecule has 0 radical (unpaired) electrons. The first-order chi connectivity index (χ1) is 16.0. The highest BCUT2D eigenvalue weighted by Crippen LogP contribution is 2.31. The van der Waals surface area contributed by atoms with Gasteiger partial charge in [-0.05, 0) is 56.7 Å². The van der Waals surface area contributed by atoms with Gasteiger partial charge in [0.05, 0.1) is 29.0 Å². The van der Waals surface area contributed by atoms with E-state index >= 15 is 0 Å². The van der Waals surface area contributed by atoms with Crippen LogP contribution in [-0.4, -0.2) is 32.9 Å². The molecule has 34 heavy (non-hydrogen) atoms. The van der Waals surface area contributed by atoms with Crippen LogP contribution in [0.4, 0.5) is 17.1 Å². The summed E-state index contributed by atoms with van der Waals surface area (Å²) in [6.45, 7) is 4.58. The van der Waals surface area contributed by atoms with Gasteiger partial charge in [-0.15, -0.1) is 0 Å². The van der Waals surface area contributed by atoms with Crippen molar-refractivity contribution >= 4 is 33.0 Å². The van der Waals surface area contributed by atoms with Gasteiger partial charge in [-0.3, -0.25) is 19.2 Å². The van der Waals surface area contributed by atoms with E-state index in [9.17, 15) is 23.3 Å². The molecule has 3 rings (SSSR count). The highest BCUT2D eigenvalue weighted by molar-refractivity contribution is 7.93. The number of ether oxygens (including phenoxy) is 1. The predicted octanol–water partition coefficient (Wildman–Crippen LogP) is 4.36. The van der Waals surface area contributed by atoms with Crippen molar-refractivity contribution in [2.45, 2.75) is 25.7 Å². The Morgan fingerprint density at radius 1 is 1.03 bits per heavy atom. The van der Waals surface area contributed by atoms with E-state index in [1.54, 1.807) is 43.3 Å². The number of nitrogens with zero attached hydrogens (tertiary/aromatic N) is 2. The summed E-state index contributed by atoms with van der Waals surface area (Å²) in [4.78, 5) is 23.6. The molecule has 178 valence electrons. The molecule has 0 unspecified atom stereocenters. The predicted molar refractivity (Wildman–Crippen MR) is 130 cm³/mol. The first-order valence-corrected chi connectivity index (χ1v) is 11.8. The summed E-state index contributed by atoms with van der Waals surface area (Å²) in [6, 6.07) is 15.8. The fourth-order valence-electron chi connectivity index (χ4n) is 3.41. The van der Waals surface area contributed by atoms with Crippen molar-refractivity contribution in [3.05, 3.63) is 87.5 Å². The number of hydrogen-bond donors (Lipinski definition) is 1. The number of carbonyl (C=O) groups excluding carboxylic acids is 1. The number of anilines is 2. The quantitative estimate of drug-likeness (QED) is 0.376. The number of nitro groups is 1. The van der Waals surface area contributed by atoms with E-state index < -0.39 is 27.4 Å². The normalized spacial score (nSPS) is 11.1. The first-order valence-electron chi connectivity index (χ1n) is 10.3. The standard InChI is InChI=1S/C24H25N3O6S/c1-16-8-11-19(12-9-16)26(34(31,32)23-14-17(2)10-13-22(23)33-4)15-24(28)25-20-6-5-7-21(18(20)3)27(29)30/h5-14H,15H2,1-4H3,(H,25,28). The largest absolute Gasteiger partial charge is 0.495 e. The van der Waals surface area contributed by atoms with Gasteiger partial charge >= 0.3 is 0 Å². The molecule has 10 heteroatoms. The zero-order valence-corrected chi connectivity index (χ0v) is 20.0. The van der Waals surface area contributed by atoms with Gasteiger partial charge in [0.2, 0.25) is 5.91 Å². The van der Waals surface area contributed by atoms with Gasteiger partial charge < -0.3 is 10.1 Å². The fraction of sp³-hybridized carbons (Fsp3) is 0.208. The minimum atomic E-state index is -4.21. The Labute approximate surface area is 198 Å². The zero-order valence-electron chi connectivity index (χ0n) is 19.2. The summed E-state index contributed by atoms with van der Waals surface area (Å²) >= 11 is 0. The van der Waals surface area contributed by atoms with Crippen LogP contribution in [0.1, 0.15) is 16.7 Å². The number of amides is 1. The van der Waals surface area contributed by atoms with Crippen LogP contribution in [0.3, 0.4) is 0 Å². The van der Waals surface area contributed by atoms with E-state index in [2.05, 4.69) is 5.32 Å². The molecule has 0 aliphatic carbocycles. The van der Waals surface area contributed by atoms with Crippen molar-refractivity contribution in [2.75, 3.05) is 23.3 Å². The topological polar surface area (TPSA) is 119 Å². The summed E-state index contributed by atoms with van der Waals surface area (Å²) in [7, 11) is -2.84. The molecule has 0 heterocycles. The van der Waals surface area contributed by atoms with Gasteiger partial charge in [0.15, 0.2) is 0 Å². The van der Waals surface area contributed by atoms with Crippen LogP contribution in [0.5, 0.6) is 5.75 Å². The smallest absolute Gasteiger partial charge is 0.274 e.